The monoisotopic (exact) mass is 260 g/mol. The molecule has 2 saturated carbocycles. The zero-order valence-corrected chi connectivity index (χ0v) is 10.9. The van der Waals surface area contributed by atoms with E-state index in [9.17, 15) is 30.3 Å². The highest BCUT2D eigenvalue weighted by molar-refractivity contribution is 6.11. The molecule has 0 heterocycles. The highest BCUT2D eigenvalue weighted by Gasteiger charge is 2.82. The fourth-order valence-corrected chi connectivity index (χ4v) is 2.89. The molecule has 0 aliphatic heterocycles. The van der Waals surface area contributed by atoms with Crippen LogP contribution < -0.4 is 0 Å². The van der Waals surface area contributed by atoms with Crippen molar-refractivity contribution in [3.8, 4) is 0 Å². The maximum atomic E-state index is 11.5. The van der Waals surface area contributed by atoms with E-state index in [-0.39, 0.29) is 0 Å². The Morgan fingerprint density at radius 3 is 1.61 bits per heavy atom. The summed E-state index contributed by atoms with van der Waals surface area (Å²) in [5.41, 5.74) is -6.14. The third-order valence-electron chi connectivity index (χ3n) is 5.03. The van der Waals surface area contributed by atoms with Crippen LogP contribution in [0.1, 0.15) is 27.7 Å². The number of rotatable bonds is 3. The van der Waals surface area contributed by atoms with Crippen molar-refractivity contribution in [3.63, 3.8) is 0 Å². The normalized spacial score (nSPS) is 47.6. The second-order valence-electron chi connectivity index (χ2n) is 6.56. The fraction of sp³-hybridized carbons (Fsp3) is 0.917. The van der Waals surface area contributed by atoms with Crippen molar-refractivity contribution in [2.45, 2.75) is 57.2 Å². The minimum absolute atomic E-state index is 0.585. The molecular formula is C12H20O6. The zero-order valence-electron chi connectivity index (χ0n) is 10.9. The van der Waals surface area contributed by atoms with Gasteiger partial charge in [0.25, 0.3) is 0 Å². The smallest absolute Gasteiger partial charge is 0.177 e. The predicted molar refractivity (Wildman–Crippen MR) is 60.5 cm³/mol. The van der Waals surface area contributed by atoms with Gasteiger partial charge in [0.1, 0.15) is 17.8 Å². The number of hydrogen-bond acceptors (Lipinski definition) is 6. The Hall–Kier alpha value is -0.530. The van der Waals surface area contributed by atoms with Crippen LogP contribution in [-0.4, -0.2) is 60.8 Å². The van der Waals surface area contributed by atoms with Crippen LogP contribution in [0, 0.1) is 10.8 Å². The first-order valence-electron chi connectivity index (χ1n) is 5.91. The Bertz CT molecular complexity index is 417. The molecule has 0 radical (unpaired) electrons. The number of carbonyl (C=O) groups is 1. The van der Waals surface area contributed by atoms with Crippen molar-refractivity contribution >= 4 is 5.78 Å². The maximum Gasteiger partial charge on any atom is 0.177 e. The van der Waals surface area contributed by atoms with E-state index in [1.165, 1.54) is 27.7 Å². The summed E-state index contributed by atoms with van der Waals surface area (Å²) in [6.07, 6.45) is -4.84. The topological polar surface area (TPSA) is 118 Å². The third kappa shape index (κ3) is 1.13. The van der Waals surface area contributed by atoms with Gasteiger partial charge in [0, 0.05) is 5.41 Å². The zero-order chi connectivity index (χ0) is 14.3. The van der Waals surface area contributed by atoms with Crippen LogP contribution in [0.5, 0.6) is 0 Å². The van der Waals surface area contributed by atoms with Gasteiger partial charge in [-0.05, 0) is 13.8 Å². The highest BCUT2D eigenvalue weighted by atomic mass is 16.4. The van der Waals surface area contributed by atoms with Crippen LogP contribution >= 0.6 is 0 Å². The Labute approximate surface area is 105 Å². The quantitative estimate of drug-likeness (QED) is 0.408. The van der Waals surface area contributed by atoms with Crippen LogP contribution in [-0.2, 0) is 4.79 Å². The summed E-state index contributed by atoms with van der Waals surface area (Å²) >= 11 is 0. The summed E-state index contributed by atoms with van der Waals surface area (Å²) in [7, 11) is 0. The van der Waals surface area contributed by atoms with Crippen molar-refractivity contribution < 1.29 is 30.3 Å². The van der Waals surface area contributed by atoms with Gasteiger partial charge < -0.3 is 25.5 Å². The number of ketones is 1. The van der Waals surface area contributed by atoms with Crippen molar-refractivity contribution in [3.05, 3.63) is 0 Å². The minimum atomic E-state index is -2.07. The molecule has 5 atom stereocenters. The first-order valence-corrected chi connectivity index (χ1v) is 5.91. The standard InChI is InChI=1S/C12H20O6/c1-9(2)7(15)11(9,17)5(13)6(14)12(18)8(16)10(12,3)4/h5-7,13-15,17-18H,1-4H3/t5-,6-,7?,11-,12+/m0/s1. The molecule has 2 fully saturated rings. The van der Waals surface area contributed by atoms with Crippen LogP contribution in [0.3, 0.4) is 0 Å². The highest BCUT2D eigenvalue weighted by Crippen LogP contribution is 2.61. The average Bonchev–Trinajstić information content (AvgIpc) is 2.88. The molecule has 6 nitrogen and oxygen atoms in total. The first kappa shape index (κ1) is 13.9. The Balaban J connectivity index is 2.23. The van der Waals surface area contributed by atoms with Gasteiger partial charge in [-0.15, -0.1) is 0 Å². The summed E-state index contributed by atoms with van der Waals surface area (Å²) in [6.45, 7) is 5.95. The summed E-state index contributed by atoms with van der Waals surface area (Å²) in [6, 6.07) is 0. The molecule has 6 heteroatoms. The summed E-state index contributed by atoms with van der Waals surface area (Å²) in [5.74, 6) is -0.585. The van der Waals surface area contributed by atoms with Gasteiger partial charge >= 0.3 is 0 Å². The molecule has 104 valence electrons. The number of aliphatic hydroxyl groups is 5. The second kappa shape index (κ2) is 3.13. The molecule has 0 saturated heterocycles. The molecule has 0 aromatic rings. The Morgan fingerprint density at radius 1 is 1.06 bits per heavy atom. The predicted octanol–water partition coefficient (Wildman–Crippen LogP) is -1.82. The molecule has 0 amide bonds. The summed E-state index contributed by atoms with van der Waals surface area (Å²) in [5, 5.41) is 49.7. The van der Waals surface area contributed by atoms with E-state index in [2.05, 4.69) is 0 Å². The minimum Gasteiger partial charge on any atom is -0.389 e. The fourth-order valence-electron chi connectivity index (χ4n) is 2.89. The molecule has 2 rings (SSSR count). The lowest BCUT2D eigenvalue weighted by Crippen LogP contribution is -2.52. The molecule has 18 heavy (non-hydrogen) atoms. The number of hydrogen-bond donors (Lipinski definition) is 5. The molecule has 2 aliphatic rings. The molecule has 2 aliphatic carbocycles. The lowest BCUT2D eigenvalue weighted by Gasteiger charge is -2.29. The van der Waals surface area contributed by atoms with Crippen molar-refractivity contribution in [1.29, 1.82) is 0 Å². The van der Waals surface area contributed by atoms with Crippen LogP contribution in [0.4, 0.5) is 0 Å². The lowest BCUT2D eigenvalue weighted by atomic mass is 9.91. The van der Waals surface area contributed by atoms with Gasteiger partial charge in [-0.25, -0.2) is 0 Å². The molecule has 0 aromatic carbocycles. The largest absolute Gasteiger partial charge is 0.389 e. The van der Waals surface area contributed by atoms with Crippen molar-refractivity contribution in [2.75, 3.05) is 0 Å². The third-order valence-corrected chi connectivity index (χ3v) is 5.03. The van der Waals surface area contributed by atoms with E-state index in [1.807, 2.05) is 0 Å². The van der Waals surface area contributed by atoms with E-state index >= 15 is 0 Å². The van der Waals surface area contributed by atoms with E-state index in [1.54, 1.807) is 0 Å². The summed E-state index contributed by atoms with van der Waals surface area (Å²) in [4.78, 5) is 11.5. The van der Waals surface area contributed by atoms with Crippen LogP contribution in [0.25, 0.3) is 0 Å². The Morgan fingerprint density at radius 2 is 1.39 bits per heavy atom. The van der Waals surface area contributed by atoms with Crippen molar-refractivity contribution in [2.24, 2.45) is 10.8 Å². The van der Waals surface area contributed by atoms with Gasteiger partial charge in [0.05, 0.1) is 11.5 Å². The lowest BCUT2D eigenvalue weighted by molar-refractivity contribution is -0.153. The van der Waals surface area contributed by atoms with Crippen molar-refractivity contribution in [1.82, 2.24) is 0 Å². The first-order chi connectivity index (χ1) is 7.87. The molecule has 1 unspecified atom stereocenters. The SMILES string of the molecule is CC1(C)C(O)[C@@]1(O)[C@@H](O)[C@H](O)[C@@]1(O)C(=O)C1(C)C. The van der Waals surface area contributed by atoms with Gasteiger partial charge in [-0.1, -0.05) is 13.8 Å². The molecule has 0 bridgehead atoms. The van der Waals surface area contributed by atoms with Gasteiger partial charge in [0.15, 0.2) is 11.4 Å². The van der Waals surface area contributed by atoms with E-state index in [0.717, 1.165) is 0 Å². The van der Waals surface area contributed by atoms with E-state index < -0.39 is 46.1 Å². The number of aliphatic hydroxyl groups excluding tert-OH is 3. The van der Waals surface area contributed by atoms with Gasteiger partial charge in [-0.2, -0.15) is 0 Å². The maximum absolute atomic E-state index is 11.5. The number of Topliss-reactive ketones (excluding diaryl/α,β-unsaturated/α-hetero) is 1. The van der Waals surface area contributed by atoms with E-state index in [0.29, 0.717) is 0 Å². The van der Waals surface area contributed by atoms with Crippen LogP contribution in [0.2, 0.25) is 0 Å². The van der Waals surface area contributed by atoms with E-state index in [4.69, 9.17) is 0 Å². The molecule has 0 aromatic heterocycles. The molecular weight excluding hydrogens is 240 g/mol. The summed E-state index contributed by atoms with van der Waals surface area (Å²) < 4.78 is 0. The Kier molecular flexibility index (Phi) is 2.42. The van der Waals surface area contributed by atoms with Gasteiger partial charge in [0.2, 0.25) is 0 Å². The molecule has 5 N–H and O–H groups in total. The number of carbonyl (C=O) groups excluding carboxylic acids is 1. The second-order valence-corrected chi connectivity index (χ2v) is 6.56. The molecule has 0 spiro atoms. The average molecular weight is 260 g/mol. The van der Waals surface area contributed by atoms with Crippen LogP contribution in [0.15, 0.2) is 0 Å². The van der Waals surface area contributed by atoms with Gasteiger partial charge in [-0.3, -0.25) is 4.79 Å².